The molecule has 3 aromatic carbocycles. The second kappa shape index (κ2) is 11.8. The Morgan fingerprint density at radius 1 is 1.06 bits per heavy atom. The van der Waals surface area contributed by atoms with E-state index in [1.165, 1.54) is 0 Å². The first kappa shape index (κ1) is 32.1. The Balaban J connectivity index is 1.16. The molecular weight excluding hydrogens is 618 g/mol. The van der Waals surface area contributed by atoms with Crippen LogP contribution in [0.3, 0.4) is 0 Å². The molecule has 254 valence electrons. The number of hydrogen-bond donors (Lipinski definition) is 3. The van der Waals surface area contributed by atoms with E-state index in [2.05, 4.69) is 6.92 Å². The number of aliphatic hydroxyl groups excluding tert-OH is 2. The summed E-state index contributed by atoms with van der Waals surface area (Å²) >= 11 is 0. The minimum Gasteiger partial charge on any atom is -0.489 e. The van der Waals surface area contributed by atoms with E-state index in [0.717, 1.165) is 40.7 Å². The molecule has 3 saturated carbocycles. The van der Waals surface area contributed by atoms with Crippen LogP contribution in [0.4, 0.5) is 5.69 Å². The number of carbonyl (C=O) groups excluding carboxylic acids is 2. The summed E-state index contributed by atoms with van der Waals surface area (Å²) in [4.78, 5) is 26.4. The Hall–Kier alpha value is -4.08. The van der Waals surface area contributed by atoms with Crippen LogP contribution in [-0.2, 0) is 25.7 Å². The van der Waals surface area contributed by atoms with Gasteiger partial charge in [-0.15, -0.1) is 0 Å². The Labute approximate surface area is 286 Å². The van der Waals surface area contributed by atoms with Crippen molar-refractivity contribution in [2.75, 3.05) is 12.3 Å². The van der Waals surface area contributed by atoms with Gasteiger partial charge in [0.05, 0.1) is 12.2 Å². The Morgan fingerprint density at radius 2 is 1.88 bits per heavy atom. The lowest BCUT2D eigenvalue weighted by atomic mass is 9.46. The van der Waals surface area contributed by atoms with E-state index in [1.54, 1.807) is 12.2 Å². The van der Waals surface area contributed by atoms with Crippen LogP contribution >= 0.6 is 0 Å². The van der Waals surface area contributed by atoms with Crippen molar-refractivity contribution in [1.82, 2.24) is 0 Å². The number of benzene rings is 3. The fraction of sp³-hybridized carbons (Fsp3) is 0.415. The van der Waals surface area contributed by atoms with Crippen molar-refractivity contribution >= 4 is 17.3 Å². The topological polar surface area (TPSA) is 128 Å². The van der Waals surface area contributed by atoms with Gasteiger partial charge in [-0.05, 0) is 90.6 Å². The minimum atomic E-state index is -1.45. The van der Waals surface area contributed by atoms with Crippen molar-refractivity contribution in [1.29, 1.82) is 0 Å². The number of fused-ring (bicyclic) bond motifs is 7. The molecule has 8 nitrogen and oxygen atoms in total. The van der Waals surface area contributed by atoms with Gasteiger partial charge in [0.25, 0.3) is 0 Å². The molecule has 49 heavy (non-hydrogen) atoms. The molecule has 8 rings (SSSR count). The van der Waals surface area contributed by atoms with Crippen LogP contribution in [0.1, 0.15) is 56.9 Å². The van der Waals surface area contributed by atoms with Crippen LogP contribution in [0.2, 0.25) is 0 Å². The summed E-state index contributed by atoms with van der Waals surface area (Å²) in [6, 6.07) is 23.3. The number of anilines is 1. The molecule has 0 amide bonds. The zero-order valence-corrected chi connectivity index (χ0v) is 27.9. The molecule has 0 bridgehead atoms. The highest BCUT2D eigenvalue weighted by atomic mass is 16.7. The number of nitrogens with two attached hydrogens (primary N) is 1. The van der Waals surface area contributed by atoms with Crippen LogP contribution in [-0.4, -0.2) is 46.2 Å². The van der Waals surface area contributed by atoms with E-state index >= 15 is 0 Å². The van der Waals surface area contributed by atoms with Gasteiger partial charge in [0.1, 0.15) is 19.0 Å². The number of aliphatic hydroxyl groups is 2. The second-order valence-corrected chi connectivity index (χ2v) is 15.0. The number of Topliss-reactive ketones (excluding diaryl/α,β-unsaturated/α-hetero) is 1. The van der Waals surface area contributed by atoms with Crippen LogP contribution in [0.15, 0.2) is 96.6 Å². The summed E-state index contributed by atoms with van der Waals surface area (Å²) in [5.41, 5.74) is 8.54. The molecule has 0 radical (unpaired) electrons. The lowest BCUT2D eigenvalue weighted by Gasteiger charge is -2.59. The molecular formula is C41H43NO7. The number of ketones is 2. The lowest BCUT2D eigenvalue weighted by molar-refractivity contribution is -0.201. The highest BCUT2D eigenvalue weighted by Gasteiger charge is 2.76. The maximum atomic E-state index is 14.1. The van der Waals surface area contributed by atoms with Gasteiger partial charge in [-0.1, -0.05) is 74.0 Å². The van der Waals surface area contributed by atoms with E-state index in [9.17, 15) is 19.8 Å². The predicted octanol–water partition coefficient (Wildman–Crippen LogP) is 6.12. The number of rotatable bonds is 7. The number of hydrogen-bond acceptors (Lipinski definition) is 8. The quantitative estimate of drug-likeness (QED) is 0.259. The van der Waals surface area contributed by atoms with Crippen molar-refractivity contribution in [2.45, 2.75) is 70.2 Å². The fourth-order valence-corrected chi connectivity index (χ4v) is 10.4. The largest absolute Gasteiger partial charge is 0.489 e. The lowest BCUT2D eigenvalue weighted by Crippen LogP contribution is -2.63. The van der Waals surface area contributed by atoms with Crippen LogP contribution in [0, 0.1) is 28.6 Å². The first-order valence-corrected chi connectivity index (χ1v) is 17.3. The first-order chi connectivity index (χ1) is 23.6. The summed E-state index contributed by atoms with van der Waals surface area (Å²) in [5, 5.41) is 22.5. The van der Waals surface area contributed by atoms with Crippen LogP contribution in [0.5, 0.6) is 5.75 Å². The molecule has 4 N–H and O–H groups in total. The molecule has 9 atom stereocenters. The first-order valence-electron chi connectivity index (χ1n) is 17.3. The average Bonchev–Trinajstić information content (AvgIpc) is 3.60. The fourth-order valence-electron chi connectivity index (χ4n) is 10.4. The van der Waals surface area contributed by atoms with Gasteiger partial charge in [-0.25, -0.2) is 0 Å². The van der Waals surface area contributed by atoms with Gasteiger partial charge < -0.3 is 30.2 Å². The van der Waals surface area contributed by atoms with Gasteiger partial charge in [0.15, 0.2) is 23.5 Å². The highest BCUT2D eigenvalue weighted by molar-refractivity contribution is 6.01. The van der Waals surface area contributed by atoms with E-state index in [1.807, 2.05) is 85.8 Å². The molecule has 4 aliphatic carbocycles. The average molecular weight is 662 g/mol. The summed E-state index contributed by atoms with van der Waals surface area (Å²) in [6.07, 6.45) is 5.51. The normalized spacial score (nSPS) is 35.9. The summed E-state index contributed by atoms with van der Waals surface area (Å²) in [6.45, 7) is 3.80. The third-order valence-corrected chi connectivity index (χ3v) is 12.5. The van der Waals surface area contributed by atoms with Crippen molar-refractivity contribution in [2.24, 2.45) is 28.6 Å². The van der Waals surface area contributed by atoms with Crippen LogP contribution in [0.25, 0.3) is 11.1 Å². The summed E-state index contributed by atoms with van der Waals surface area (Å²) < 4.78 is 20.0. The molecule has 0 unspecified atom stereocenters. The summed E-state index contributed by atoms with van der Waals surface area (Å²) in [7, 11) is 0. The standard InChI is InChI=1S/C41H43NO7/c1-39-16-15-28(44)18-26(39)11-13-31-33-20-36-41(35(46)22-43,40(33,2)21-34(45)37(31)39)49-38(48-36)32-19-29(47-23-24-7-6-10-27(42)17-24)12-14-30(32)25-8-4-3-5-9-25/h3-10,12,14-19,31,33-34,36-38,43,45H,11,13,20-23,42H2,1-2H3/t31-,33-,34-,36+,37+,38+,39-,40-,41+/m0/s1. The van der Waals surface area contributed by atoms with Crippen molar-refractivity contribution in [3.63, 3.8) is 0 Å². The van der Waals surface area contributed by atoms with Crippen molar-refractivity contribution in [3.05, 3.63) is 108 Å². The van der Waals surface area contributed by atoms with Gasteiger partial charge in [0.2, 0.25) is 0 Å². The van der Waals surface area contributed by atoms with Gasteiger partial charge in [-0.3, -0.25) is 9.59 Å². The monoisotopic (exact) mass is 661 g/mol. The van der Waals surface area contributed by atoms with E-state index < -0.39 is 47.3 Å². The molecule has 1 heterocycles. The minimum absolute atomic E-state index is 0.00771. The number of ether oxygens (including phenoxy) is 3. The highest BCUT2D eigenvalue weighted by Crippen LogP contribution is 2.70. The second-order valence-electron chi connectivity index (χ2n) is 15.0. The van der Waals surface area contributed by atoms with Gasteiger partial charge in [-0.2, -0.15) is 0 Å². The van der Waals surface area contributed by atoms with Crippen LogP contribution < -0.4 is 10.5 Å². The maximum absolute atomic E-state index is 14.1. The number of carbonyl (C=O) groups is 2. The van der Waals surface area contributed by atoms with Crippen molar-refractivity contribution in [3.8, 4) is 16.9 Å². The van der Waals surface area contributed by atoms with E-state index in [4.69, 9.17) is 19.9 Å². The SMILES string of the molecule is C[C@]12C=CC(=O)C=C1CC[C@@H]1[C@@H]2[C@@H](O)C[C@@]2(C)[C@H]1C[C@H]1O[C@@H](c3cc(OCc4cccc(N)c4)ccc3-c3ccccc3)O[C@]12C(=O)CO. The Bertz CT molecular complexity index is 1870. The third kappa shape index (κ3) is 4.87. The van der Waals surface area contributed by atoms with E-state index in [0.29, 0.717) is 30.9 Å². The zero-order chi connectivity index (χ0) is 34.1. The predicted molar refractivity (Wildman–Crippen MR) is 184 cm³/mol. The summed E-state index contributed by atoms with van der Waals surface area (Å²) in [5.74, 6) is 0.166. The molecule has 3 aromatic rings. The maximum Gasteiger partial charge on any atom is 0.193 e. The number of allylic oxidation sites excluding steroid dienone is 4. The van der Waals surface area contributed by atoms with Gasteiger partial charge >= 0.3 is 0 Å². The molecule has 0 aromatic heterocycles. The van der Waals surface area contributed by atoms with E-state index in [-0.39, 0.29) is 23.5 Å². The molecule has 5 aliphatic rings. The molecule has 1 saturated heterocycles. The smallest absolute Gasteiger partial charge is 0.193 e. The Morgan fingerprint density at radius 3 is 2.65 bits per heavy atom. The Kier molecular flexibility index (Phi) is 7.72. The molecule has 4 fully saturated rings. The molecule has 8 heteroatoms. The third-order valence-electron chi connectivity index (χ3n) is 12.5. The number of nitrogen functional groups attached to an aromatic ring is 1. The zero-order valence-electron chi connectivity index (χ0n) is 27.9. The molecule has 0 spiro atoms. The van der Waals surface area contributed by atoms with Gasteiger partial charge in [0, 0.05) is 28.0 Å². The molecule has 1 aliphatic heterocycles. The van der Waals surface area contributed by atoms with Crippen molar-refractivity contribution < 1.29 is 34.0 Å².